The lowest BCUT2D eigenvalue weighted by atomic mass is 10.1. The largest absolute Gasteiger partial charge is 0.491 e. The highest BCUT2D eigenvalue weighted by atomic mass is 127. The molecule has 0 fully saturated rings. The topological polar surface area (TPSA) is 75.2 Å². The molecule has 8 heteroatoms. The van der Waals surface area contributed by atoms with E-state index in [0.717, 1.165) is 16.9 Å². The van der Waals surface area contributed by atoms with Gasteiger partial charge < -0.3 is 25.0 Å². The summed E-state index contributed by atoms with van der Waals surface area (Å²) in [4.78, 5) is 17.8. The average molecular weight is 478 g/mol. The van der Waals surface area contributed by atoms with Crippen LogP contribution in [-0.4, -0.2) is 64.3 Å². The second-order valence-electron chi connectivity index (χ2n) is 5.79. The third kappa shape index (κ3) is 9.23. The van der Waals surface area contributed by atoms with Crippen LogP contribution >= 0.6 is 24.0 Å². The lowest BCUT2D eigenvalue weighted by molar-refractivity contribution is -0.127. The first kappa shape index (κ1) is 24.5. The summed E-state index contributed by atoms with van der Waals surface area (Å²) >= 11 is 0. The molecule has 26 heavy (non-hydrogen) atoms. The number of ether oxygens (including phenoxy) is 2. The van der Waals surface area contributed by atoms with Crippen molar-refractivity contribution in [3.8, 4) is 5.75 Å². The number of carbonyl (C=O) groups is 1. The van der Waals surface area contributed by atoms with E-state index in [2.05, 4.69) is 15.6 Å². The molecule has 0 saturated heterocycles. The minimum Gasteiger partial charge on any atom is -0.491 e. The molecule has 2 N–H and O–H groups in total. The molecule has 1 aromatic rings. The van der Waals surface area contributed by atoms with Gasteiger partial charge in [-0.2, -0.15) is 0 Å². The maximum atomic E-state index is 11.7. The minimum absolute atomic E-state index is 0. The van der Waals surface area contributed by atoms with Crippen LogP contribution in [0, 0.1) is 6.92 Å². The van der Waals surface area contributed by atoms with E-state index < -0.39 is 0 Å². The Balaban J connectivity index is 0.00000625. The molecule has 0 spiro atoms. The second-order valence-corrected chi connectivity index (χ2v) is 5.79. The van der Waals surface area contributed by atoms with E-state index in [0.29, 0.717) is 32.3 Å². The smallest absolute Gasteiger partial charge is 0.241 e. The summed E-state index contributed by atoms with van der Waals surface area (Å²) in [7, 11) is 5.10. The molecule has 148 valence electrons. The predicted molar refractivity (Wildman–Crippen MR) is 115 cm³/mol. The van der Waals surface area contributed by atoms with Gasteiger partial charge in [0.25, 0.3) is 0 Å². The maximum absolute atomic E-state index is 11.7. The van der Waals surface area contributed by atoms with Crippen LogP contribution in [0.3, 0.4) is 0 Å². The van der Waals surface area contributed by atoms with Crippen LogP contribution < -0.4 is 15.4 Å². The van der Waals surface area contributed by atoms with Gasteiger partial charge in [0.1, 0.15) is 12.4 Å². The molecular formula is C18H31IN4O3. The van der Waals surface area contributed by atoms with Gasteiger partial charge in [-0.25, -0.2) is 4.99 Å². The zero-order valence-electron chi connectivity index (χ0n) is 16.3. The highest BCUT2D eigenvalue weighted by Crippen LogP contribution is 2.21. The molecule has 7 nitrogen and oxygen atoms in total. The van der Waals surface area contributed by atoms with Gasteiger partial charge >= 0.3 is 0 Å². The molecule has 0 radical (unpaired) electrons. The van der Waals surface area contributed by atoms with Gasteiger partial charge in [0.15, 0.2) is 5.96 Å². The zero-order chi connectivity index (χ0) is 18.7. The molecule has 0 aromatic heterocycles. The molecule has 0 aliphatic rings. The van der Waals surface area contributed by atoms with Gasteiger partial charge in [-0.15, -0.1) is 24.0 Å². The lowest BCUT2D eigenvalue weighted by Crippen LogP contribution is -2.42. The zero-order valence-corrected chi connectivity index (χ0v) is 18.6. The van der Waals surface area contributed by atoms with Crippen molar-refractivity contribution in [3.63, 3.8) is 0 Å². The second kappa shape index (κ2) is 13.6. The van der Waals surface area contributed by atoms with E-state index >= 15 is 0 Å². The lowest BCUT2D eigenvalue weighted by Gasteiger charge is -2.15. The molecule has 0 atom stereocenters. The number of aryl methyl sites for hydroxylation is 1. The van der Waals surface area contributed by atoms with Crippen molar-refractivity contribution in [2.75, 3.05) is 47.5 Å². The summed E-state index contributed by atoms with van der Waals surface area (Å²) in [6.45, 7) is 6.40. The summed E-state index contributed by atoms with van der Waals surface area (Å²) in [6, 6.07) is 6.04. The summed E-state index contributed by atoms with van der Waals surface area (Å²) < 4.78 is 10.8. The molecule has 1 aromatic carbocycles. The fourth-order valence-corrected chi connectivity index (χ4v) is 1.99. The van der Waals surface area contributed by atoms with Crippen molar-refractivity contribution in [3.05, 3.63) is 29.3 Å². The Hall–Kier alpha value is -1.55. The van der Waals surface area contributed by atoms with Gasteiger partial charge in [0, 0.05) is 33.3 Å². The number of benzene rings is 1. The molecule has 0 bridgehead atoms. The highest BCUT2D eigenvalue weighted by Gasteiger charge is 2.07. The number of carbonyl (C=O) groups excluding carboxylic acids is 1. The van der Waals surface area contributed by atoms with Crippen LogP contribution in [0.1, 0.15) is 18.1 Å². The van der Waals surface area contributed by atoms with Gasteiger partial charge in [0.2, 0.25) is 5.91 Å². The van der Waals surface area contributed by atoms with Gasteiger partial charge in [-0.05, 0) is 25.5 Å². The van der Waals surface area contributed by atoms with Crippen molar-refractivity contribution in [1.29, 1.82) is 0 Å². The van der Waals surface area contributed by atoms with Crippen molar-refractivity contribution in [2.24, 2.45) is 4.99 Å². The van der Waals surface area contributed by atoms with E-state index in [1.165, 1.54) is 4.90 Å². The molecule has 0 aliphatic heterocycles. The van der Waals surface area contributed by atoms with E-state index in [9.17, 15) is 4.79 Å². The van der Waals surface area contributed by atoms with Crippen LogP contribution in [0.4, 0.5) is 0 Å². The van der Waals surface area contributed by atoms with Crippen LogP contribution in [0.15, 0.2) is 23.2 Å². The number of nitrogens with zero attached hydrogens (tertiary/aromatic N) is 2. The minimum atomic E-state index is -0.00970. The van der Waals surface area contributed by atoms with Crippen LogP contribution in [0.2, 0.25) is 0 Å². The van der Waals surface area contributed by atoms with Crippen molar-refractivity contribution in [1.82, 2.24) is 15.5 Å². The first-order valence-electron chi connectivity index (χ1n) is 8.41. The van der Waals surface area contributed by atoms with Crippen molar-refractivity contribution >= 4 is 35.8 Å². The highest BCUT2D eigenvalue weighted by molar-refractivity contribution is 14.0. The molecule has 0 heterocycles. The fraction of sp³-hybridized carbons (Fsp3) is 0.556. The quantitative estimate of drug-likeness (QED) is 0.245. The summed E-state index contributed by atoms with van der Waals surface area (Å²) in [6.07, 6.45) is 0. The predicted octanol–water partition coefficient (Wildman–Crippen LogP) is 1.78. The van der Waals surface area contributed by atoms with Gasteiger partial charge in [-0.3, -0.25) is 4.79 Å². The number of methoxy groups -OCH3 is 1. The molecular weight excluding hydrogens is 447 g/mol. The number of aliphatic imine (C=N–C) groups is 1. The molecule has 1 amide bonds. The summed E-state index contributed by atoms with van der Waals surface area (Å²) in [5.41, 5.74) is 2.11. The normalized spacial score (nSPS) is 10.7. The van der Waals surface area contributed by atoms with E-state index in [1.807, 2.05) is 32.0 Å². The molecule has 1 rings (SSSR count). The number of halogens is 1. The Morgan fingerprint density at radius 1 is 1.23 bits per heavy atom. The maximum Gasteiger partial charge on any atom is 0.241 e. The Kier molecular flexibility index (Phi) is 12.8. The third-order valence-electron chi connectivity index (χ3n) is 3.43. The van der Waals surface area contributed by atoms with E-state index in [1.54, 1.807) is 21.2 Å². The Bertz CT molecular complexity index is 580. The fourth-order valence-electron chi connectivity index (χ4n) is 1.99. The third-order valence-corrected chi connectivity index (χ3v) is 3.43. The molecule has 0 aliphatic carbocycles. The summed E-state index contributed by atoms with van der Waals surface area (Å²) in [5, 5.41) is 6.18. The van der Waals surface area contributed by atoms with Crippen LogP contribution in [0.5, 0.6) is 5.75 Å². The van der Waals surface area contributed by atoms with E-state index in [4.69, 9.17) is 9.47 Å². The van der Waals surface area contributed by atoms with Crippen molar-refractivity contribution in [2.45, 2.75) is 20.4 Å². The Morgan fingerprint density at radius 3 is 2.58 bits per heavy atom. The number of rotatable bonds is 9. The Morgan fingerprint density at radius 2 is 1.96 bits per heavy atom. The first-order valence-corrected chi connectivity index (χ1v) is 8.41. The van der Waals surface area contributed by atoms with Crippen LogP contribution in [-0.2, 0) is 16.1 Å². The number of guanidine groups is 1. The molecule has 0 unspecified atom stereocenters. The SMILES string of the molecule is CCNC(=NCc1ccc(C)cc1OCCOC)NCC(=O)N(C)C.I. The van der Waals surface area contributed by atoms with E-state index in [-0.39, 0.29) is 36.4 Å². The number of likely N-dealkylation sites (N-methyl/N-ethyl adjacent to an activating group) is 1. The standard InChI is InChI=1S/C18H30N4O3.HI/c1-6-19-18(21-13-17(23)22(3)4)20-12-15-8-7-14(2)11-16(15)25-10-9-24-5;/h7-8,11H,6,9-10,12-13H2,1-5H3,(H2,19,20,21);1H. The average Bonchev–Trinajstić information content (AvgIpc) is 2.58. The van der Waals surface area contributed by atoms with Gasteiger partial charge in [-0.1, -0.05) is 12.1 Å². The monoisotopic (exact) mass is 478 g/mol. The number of amides is 1. The first-order chi connectivity index (χ1) is 12.0. The van der Waals surface area contributed by atoms with Crippen molar-refractivity contribution < 1.29 is 14.3 Å². The number of nitrogens with one attached hydrogen (secondary N) is 2. The number of hydrogen-bond donors (Lipinski definition) is 2. The number of hydrogen-bond acceptors (Lipinski definition) is 4. The molecule has 0 saturated carbocycles. The van der Waals surface area contributed by atoms with Gasteiger partial charge in [0.05, 0.1) is 19.7 Å². The van der Waals surface area contributed by atoms with Crippen LogP contribution in [0.25, 0.3) is 0 Å². The Labute approximate surface area is 173 Å². The summed E-state index contributed by atoms with van der Waals surface area (Å²) in [5.74, 6) is 1.40.